The molecule has 1 N–H and O–H groups in total. The zero-order valence-corrected chi connectivity index (χ0v) is 17.3. The van der Waals surface area contributed by atoms with E-state index in [2.05, 4.69) is 4.98 Å². The average molecular weight is 441 g/mol. The molecule has 0 radical (unpaired) electrons. The van der Waals surface area contributed by atoms with Gasteiger partial charge in [0.15, 0.2) is 0 Å². The highest BCUT2D eigenvalue weighted by Crippen LogP contribution is 2.35. The molecule has 7 heteroatoms. The molecule has 0 unspecified atom stereocenters. The summed E-state index contributed by atoms with van der Waals surface area (Å²) in [7, 11) is -3.83. The molecule has 2 aromatic heterocycles. The van der Waals surface area contributed by atoms with Gasteiger partial charge in [-0.05, 0) is 60.7 Å². The number of benzene rings is 3. The summed E-state index contributed by atoms with van der Waals surface area (Å²) in [5.41, 5.74) is 2.63. The Morgan fingerprint density at radius 1 is 0.759 bits per heavy atom. The van der Waals surface area contributed by atoms with Crippen molar-refractivity contribution >= 4 is 55.0 Å². The van der Waals surface area contributed by atoms with Crippen LogP contribution in [0.1, 0.15) is 0 Å². The van der Waals surface area contributed by atoms with Crippen LogP contribution >= 0.6 is 23.2 Å². The topological polar surface area (TPSA) is 54.9 Å². The van der Waals surface area contributed by atoms with Crippen LogP contribution in [0.15, 0.2) is 83.8 Å². The largest absolute Gasteiger partial charge is 0.353 e. The zero-order valence-electron chi connectivity index (χ0n) is 14.9. The lowest BCUT2D eigenvalue weighted by Crippen LogP contribution is -2.14. The molecule has 0 aliphatic heterocycles. The van der Waals surface area contributed by atoms with Gasteiger partial charge in [-0.2, -0.15) is 0 Å². The van der Waals surface area contributed by atoms with Gasteiger partial charge in [0.25, 0.3) is 10.0 Å². The van der Waals surface area contributed by atoms with Crippen LogP contribution in [0.2, 0.25) is 10.0 Å². The lowest BCUT2D eigenvalue weighted by atomic mass is 10.2. The predicted molar refractivity (Wildman–Crippen MR) is 118 cm³/mol. The number of nitrogens with zero attached hydrogens (tertiary/aromatic N) is 1. The molecule has 0 bridgehead atoms. The molecular formula is C22H14Cl2N2O2S. The fraction of sp³-hybridized carbons (Fsp3) is 0. The second-order valence-corrected chi connectivity index (χ2v) is 9.39. The first-order valence-corrected chi connectivity index (χ1v) is 11.0. The van der Waals surface area contributed by atoms with Crippen LogP contribution in [0.3, 0.4) is 0 Å². The van der Waals surface area contributed by atoms with E-state index in [4.69, 9.17) is 23.2 Å². The number of aromatic amines is 1. The average Bonchev–Trinajstić information content (AvgIpc) is 3.29. The third kappa shape index (κ3) is 3.02. The van der Waals surface area contributed by atoms with Crippen LogP contribution in [0.5, 0.6) is 0 Å². The van der Waals surface area contributed by atoms with Gasteiger partial charge in [0, 0.05) is 26.3 Å². The number of hydrogen-bond donors (Lipinski definition) is 1. The van der Waals surface area contributed by atoms with Gasteiger partial charge in [0.2, 0.25) is 0 Å². The summed E-state index contributed by atoms with van der Waals surface area (Å²) in [5, 5.41) is 2.80. The highest BCUT2D eigenvalue weighted by atomic mass is 35.5. The van der Waals surface area contributed by atoms with Crippen LogP contribution in [-0.4, -0.2) is 17.4 Å². The monoisotopic (exact) mass is 440 g/mol. The molecule has 144 valence electrons. The number of H-pyrrole nitrogens is 1. The van der Waals surface area contributed by atoms with Crippen molar-refractivity contribution in [2.75, 3.05) is 0 Å². The molecule has 0 atom stereocenters. The second kappa shape index (κ2) is 6.66. The SMILES string of the molecule is O=S(=O)(c1ccccc1)n1c(-c2cc3cc(Cl)ccc3[nH]2)cc2cc(Cl)ccc21. The fourth-order valence-electron chi connectivity index (χ4n) is 3.55. The number of nitrogens with one attached hydrogen (secondary N) is 1. The molecule has 2 heterocycles. The van der Waals surface area contributed by atoms with Crippen molar-refractivity contribution in [3.05, 3.63) is 88.9 Å². The smallest absolute Gasteiger partial charge is 0.268 e. The Morgan fingerprint density at radius 3 is 2.21 bits per heavy atom. The van der Waals surface area contributed by atoms with Gasteiger partial charge in [0.05, 0.1) is 21.8 Å². The molecule has 0 aliphatic rings. The summed E-state index contributed by atoms with van der Waals surface area (Å²) in [6, 6.07) is 22.8. The van der Waals surface area contributed by atoms with Crippen molar-refractivity contribution in [1.29, 1.82) is 0 Å². The standard InChI is InChI=1S/C22H14Cl2N2O2S/c23-16-6-8-19-14(10-16)12-20(25-19)22-13-15-11-17(24)7-9-21(15)26(22)29(27,28)18-4-2-1-3-5-18/h1-13,25H. The molecule has 0 saturated heterocycles. The molecule has 5 rings (SSSR count). The Kier molecular flexibility index (Phi) is 4.21. The van der Waals surface area contributed by atoms with E-state index in [0.29, 0.717) is 26.9 Å². The molecule has 5 aromatic rings. The van der Waals surface area contributed by atoms with Gasteiger partial charge in [-0.25, -0.2) is 12.4 Å². The first kappa shape index (κ1) is 18.3. The molecule has 29 heavy (non-hydrogen) atoms. The van der Waals surface area contributed by atoms with Crippen molar-refractivity contribution in [2.45, 2.75) is 4.90 Å². The number of fused-ring (bicyclic) bond motifs is 2. The van der Waals surface area contributed by atoms with Crippen LogP contribution in [0.4, 0.5) is 0 Å². The fourth-order valence-corrected chi connectivity index (χ4v) is 5.46. The Morgan fingerprint density at radius 2 is 1.45 bits per heavy atom. The Labute approximate surface area is 177 Å². The maximum atomic E-state index is 13.6. The minimum absolute atomic E-state index is 0.216. The maximum Gasteiger partial charge on any atom is 0.268 e. The maximum absolute atomic E-state index is 13.6. The Hall–Kier alpha value is -2.73. The molecule has 0 aliphatic carbocycles. The summed E-state index contributed by atoms with van der Waals surface area (Å²) in [4.78, 5) is 3.52. The number of rotatable bonds is 3. The summed E-state index contributed by atoms with van der Waals surface area (Å²) >= 11 is 12.3. The normalized spacial score (nSPS) is 12.1. The molecule has 0 saturated carbocycles. The van der Waals surface area contributed by atoms with Gasteiger partial charge >= 0.3 is 0 Å². The van der Waals surface area contributed by atoms with E-state index >= 15 is 0 Å². The Bertz CT molecular complexity index is 1490. The van der Waals surface area contributed by atoms with Gasteiger partial charge in [0.1, 0.15) is 0 Å². The third-order valence-electron chi connectivity index (χ3n) is 4.86. The van der Waals surface area contributed by atoms with E-state index in [-0.39, 0.29) is 4.90 Å². The van der Waals surface area contributed by atoms with Crippen LogP contribution in [-0.2, 0) is 10.0 Å². The lowest BCUT2D eigenvalue weighted by molar-refractivity contribution is 0.589. The quantitative estimate of drug-likeness (QED) is 0.356. The first-order chi connectivity index (χ1) is 13.9. The van der Waals surface area contributed by atoms with Gasteiger partial charge in [-0.1, -0.05) is 41.4 Å². The highest BCUT2D eigenvalue weighted by molar-refractivity contribution is 7.90. The van der Waals surface area contributed by atoms with E-state index < -0.39 is 10.0 Å². The molecule has 0 spiro atoms. The van der Waals surface area contributed by atoms with E-state index in [1.165, 1.54) is 3.97 Å². The molecule has 4 nitrogen and oxygen atoms in total. The van der Waals surface area contributed by atoms with Gasteiger partial charge in [-0.15, -0.1) is 0 Å². The molecule has 0 amide bonds. The lowest BCUT2D eigenvalue weighted by Gasteiger charge is -2.11. The van der Waals surface area contributed by atoms with E-state index in [1.807, 2.05) is 24.3 Å². The van der Waals surface area contributed by atoms with Crippen molar-refractivity contribution in [3.63, 3.8) is 0 Å². The zero-order chi connectivity index (χ0) is 20.2. The number of aromatic nitrogens is 2. The number of hydrogen-bond acceptors (Lipinski definition) is 2. The molecule has 3 aromatic carbocycles. The van der Waals surface area contributed by atoms with Gasteiger partial charge in [-0.3, -0.25) is 0 Å². The van der Waals surface area contributed by atoms with Gasteiger partial charge < -0.3 is 4.98 Å². The van der Waals surface area contributed by atoms with Crippen molar-refractivity contribution in [2.24, 2.45) is 0 Å². The summed E-state index contributed by atoms with van der Waals surface area (Å²) in [6.07, 6.45) is 0. The minimum Gasteiger partial charge on any atom is -0.353 e. The predicted octanol–water partition coefficient (Wildman–Crippen LogP) is 6.33. The first-order valence-electron chi connectivity index (χ1n) is 8.84. The van der Waals surface area contributed by atoms with Crippen LogP contribution < -0.4 is 0 Å². The minimum atomic E-state index is -3.83. The Balaban J connectivity index is 1.84. The van der Waals surface area contributed by atoms with E-state index in [0.717, 1.165) is 16.3 Å². The summed E-state index contributed by atoms with van der Waals surface area (Å²) in [6.45, 7) is 0. The van der Waals surface area contributed by atoms with Crippen LogP contribution in [0.25, 0.3) is 33.2 Å². The summed E-state index contributed by atoms with van der Waals surface area (Å²) < 4.78 is 28.5. The second-order valence-electron chi connectivity index (χ2n) is 6.73. The van der Waals surface area contributed by atoms with E-state index in [1.54, 1.807) is 54.6 Å². The third-order valence-corrected chi connectivity index (χ3v) is 7.07. The summed E-state index contributed by atoms with van der Waals surface area (Å²) in [5.74, 6) is 0. The molecular weight excluding hydrogens is 427 g/mol. The van der Waals surface area contributed by atoms with Crippen LogP contribution in [0, 0.1) is 0 Å². The van der Waals surface area contributed by atoms with E-state index in [9.17, 15) is 8.42 Å². The number of halogens is 2. The highest BCUT2D eigenvalue weighted by Gasteiger charge is 2.24. The van der Waals surface area contributed by atoms with Crippen molar-refractivity contribution < 1.29 is 8.42 Å². The van der Waals surface area contributed by atoms with Crippen molar-refractivity contribution in [3.8, 4) is 11.4 Å². The van der Waals surface area contributed by atoms with Crippen molar-refractivity contribution in [1.82, 2.24) is 8.96 Å². The molecule has 0 fully saturated rings.